The molecule has 1 aliphatic rings. The molecule has 6 nitrogen and oxygen atoms in total. The molecule has 24 heavy (non-hydrogen) atoms. The van der Waals surface area contributed by atoms with E-state index in [9.17, 15) is 4.79 Å². The highest BCUT2D eigenvalue weighted by atomic mass is 35.5. The van der Waals surface area contributed by atoms with Crippen molar-refractivity contribution in [1.82, 2.24) is 9.38 Å². The molecule has 0 unspecified atom stereocenters. The van der Waals surface area contributed by atoms with Gasteiger partial charge in [-0.15, -0.1) is 0 Å². The number of benzene rings is 1. The Morgan fingerprint density at radius 1 is 1.25 bits per heavy atom. The summed E-state index contributed by atoms with van der Waals surface area (Å²) in [5, 5.41) is 9.48. The number of aliphatic carboxylic acids is 1. The van der Waals surface area contributed by atoms with E-state index in [4.69, 9.17) is 26.2 Å². The van der Waals surface area contributed by atoms with E-state index in [2.05, 4.69) is 4.98 Å². The van der Waals surface area contributed by atoms with Gasteiger partial charge in [-0.25, -0.2) is 9.78 Å². The predicted octanol–water partition coefficient (Wildman–Crippen LogP) is 3.48. The SMILES string of the molecule is O=C(O)/C=C/c1c(-c2ccc3c(c2)OCO3)nc2ccc(Cl)cn12. The summed E-state index contributed by atoms with van der Waals surface area (Å²) in [6.45, 7) is 0.186. The first kappa shape index (κ1) is 14.6. The van der Waals surface area contributed by atoms with Crippen LogP contribution in [-0.2, 0) is 4.79 Å². The molecule has 0 aliphatic carbocycles. The first-order valence-electron chi connectivity index (χ1n) is 7.10. The third-order valence-corrected chi connectivity index (χ3v) is 3.87. The zero-order chi connectivity index (χ0) is 16.7. The van der Waals surface area contributed by atoms with Crippen LogP contribution in [0.2, 0.25) is 5.02 Å². The number of carbonyl (C=O) groups is 1. The fraction of sp³-hybridized carbons (Fsp3) is 0.0588. The maximum Gasteiger partial charge on any atom is 0.328 e. The van der Waals surface area contributed by atoms with Crippen LogP contribution in [0.1, 0.15) is 5.69 Å². The standard InChI is InChI=1S/C17H11ClN2O4/c18-11-2-5-15-19-17(12(20(15)8-11)3-6-16(21)22)10-1-4-13-14(7-10)24-9-23-13/h1-8H,9H2,(H,21,22)/b6-3+. The van der Waals surface area contributed by atoms with Crippen molar-refractivity contribution in [3.63, 3.8) is 0 Å². The van der Waals surface area contributed by atoms with Gasteiger partial charge in [0, 0.05) is 17.8 Å². The molecule has 1 N–H and O–H groups in total. The topological polar surface area (TPSA) is 73.1 Å². The molecule has 0 atom stereocenters. The van der Waals surface area contributed by atoms with Gasteiger partial charge in [-0.1, -0.05) is 11.6 Å². The minimum atomic E-state index is -1.04. The summed E-state index contributed by atoms with van der Waals surface area (Å²) in [5.74, 6) is 0.271. The lowest BCUT2D eigenvalue weighted by atomic mass is 10.1. The minimum Gasteiger partial charge on any atom is -0.478 e. The van der Waals surface area contributed by atoms with Crippen LogP contribution in [0.3, 0.4) is 0 Å². The Morgan fingerprint density at radius 2 is 2.08 bits per heavy atom. The Kier molecular flexibility index (Phi) is 3.39. The molecule has 2 aromatic heterocycles. The van der Waals surface area contributed by atoms with Gasteiger partial charge in [-0.2, -0.15) is 0 Å². The van der Waals surface area contributed by atoms with Crippen LogP contribution in [-0.4, -0.2) is 27.3 Å². The second kappa shape index (κ2) is 5.58. The summed E-state index contributed by atoms with van der Waals surface area (Å²) >= 11 is 6.06. The molecule has 0 fully saturated rings. The number of halogens is 1. The Labute approximate surface area is 141 Å². The van der Waals surface area contributed by atoms with Crippen LogP contribution in [0.15, 0.2) is 42.6 Å². The molecule has 4 rings (SSSR count). The van der Waals surface area contributed by atoms with Gasteiger partial charge >= 0.3 is 5.97 Å². The van der Waals surface area contributed by atoms with Crippen molar-refractivity contribution in [2.45, 2.75) is 0 Å². The van der Waals surface area contributed by atoms with E-state index in [0.717, 1.165) is 11.6 Å². The van der Waals surface area contributed by atoms with E-state index in [-0.39, 0.29) is 6.79 Å². The van der Waals surface area contributed by atoms with Crippen LogP contribution in [0.25, 0.3) is 23.0 Å². The largest absolute Gasteiger partial charge is 0.478 e. The number of rotatable bonds is 3. The van der Waals surface area contributed by atoms with Crippen molar-refractivity contribution in [3.05, 3.63) is 53.3 Å². The van der Waals surface area contributed by atoms with Gasteiger partial charge in [0.1, 0.15) is 5.65 Å². The van der Waals surface area contributed by atoms with Crippen molar-refractivity contribution in [2.24, 2.45) is 0 Å². The summed E-state index contributed by atoms with van der Waals surface area (Å²) in [4.78, 5) is 15.5. The summed E-state index contributed by atoms with van der Waals surface area (Å²) in [6, 6.07) is 8.99. The van der Waals surface area contributed by atoms with Crippen LogP contribution in [0.5, 0.6) is 11.5 Å². The van der Waals surface area contributed by atoms with E-state index in [1.54, 1.807) is 28.8 Å². The van der Waals surface area contributed by atoms with Gasteiger partial charge < -0.3 is 14.6 Å². The number of carboxylic acid groups (broad SMARTS) is 1. The molecule has 120 valence electrons. The Bertz CT molecular complexity index is 994. The van der Waals surface area contributed by atoms with Crippen molar-refractivity contribution in [1.29, 1.82) is 0 Å². The van der Waals surface area contributed by atoms with Gasteiger partial charge in [0.05, 0.1) is 16.4 Å². The lowest BCUT2D eigenvalue weighted by Crippen LogP contribution is -1.93. The highest BCUT2D eigenvalue weighted by Gasteiger charge is 2.18. The van der Waals surface area contributed by atoms with Crippen molar-refractivity contribution >= 4 is 29.3 Å². The van der Waals surface area contributed by atoms with E-state index >= 15 is 0 Å². The lowest BCUT2D eigenvalue weighted by molar-refractivity contribution is -0.131. The van der Waals surface area contributed by atoms with Crippen LogP contribution >= 0.6 is 11.6 Å². The first-order chi connectivity index (χ1) is 11.6. The fourth-order valence-electron chi connectivity index (χ4n) is 2.60. The maximum absolute atomic E-state index is 10.9. The fourth-order valence-corrected chi connectivity index (χ4v) is 2.76. The Balaban J connectivity index is 1.93. The minimum absolute atomic E-state index is 0.186. The number of hydrogen-bond acceptors (Lipinski definition) is 4. The second-order valence-electron chi connectivity index (χ2n) is 5.16. The van der Waals surface area contributed by atoms with Gasteiger partial charge in [0.25, 0.3) is 0 Å². The van der Waals surface area contributed by atoms with Crippen LogP contribution < -0.4 is 9.47 Å². The number of fused-ring (bicyclic) bond motifs is 2. The number of carboxylic acids is 1. The van der Waals surface area contributed by atoms with Crippen LogP contribution in [0, 0.1) is 0 Å². The summed E-state index contributed by atoms with van der Waals surface area (Å²) in [7, 11) is 0. The average molecular weight is 343 g/mol. The molecule has 0 amide bonds. The van der Waals surface area contributed by atoms with Gasteiger partial charge in [0.2, 0.25) is 6.79 Å². The van der Waals surface area contributed by atoms with Gasteiger partial charge in [-0.05, 0) is 36.4 Å². The molecule has 0 spiro atoms. The van der Waals surface area contributed by atoms with Crippen molar-refractivity contribution < 1.29 is 19.4 Å². The number of aromatic nitrogens is 2. The number of ether oxygens (including phenoxy) is 2. The zero-order valence-corrected chi connectivity index (χ0v) is 13.0. The van der Waals surface area contributed by atoms with E-state index in [1.165, 1.54) is 6.08 Å². The predicted molar refractivity (Wildman–Crippen MR) is 88.4 cm³/mol. The number of pyridine rings is 1. The van der Waals surface area contributed by atoms with E-state index < -0.39 is 5.97 Å². The quantitative estimate of drug-likeness (QED) is 0.738. The molecule has 7 heteroatoms. The average Bonchev–Trinajstić information content (AvgIpc) is 3.15. The van der Waals surface area contributed by atoms with Crippen molar-refractivity contribution in [2.75, 3.05) is 6.79 Å². The second-order valence-corrected chi connectivity index (χ2v) is 5.60. The molecule has 0 bridgehead atoms. The molecule has 3 heterocycles. The van der Waals surface area contributed by atoms with Crippen LogP contribution in [0.4, 0.5) is 0 Å². The number of hydrogen-bond donors (Lipinski definition) is 1. The van der Waals surface area contributed by atoms with E-state index in [1.807, 2.05) is 12.1 Å². The highest BCUT2D eigenvalue weighted by Crippen LogP contribution is 2.37. The molecular weight excluding hydrogens is 332 g/mol. The van der Waals surface area contributed by atoms with Crippen molar-refractivity contribution in [3.8, 4) is 22.8 Å². The first-order valence-corrected chi connectivity index (χ1v) is 7.48. The van der Waals surface area contributed by atoms with Gasteiger partial charge in [-0.3, -0.25) is 4.40 Å². The molecule has 0 radical (unpaired) electrons. The molecule has 1 aliphatic heterocycles. The Morgan fingerprint density at radius 3 is 2.92 bits per heavy atom. The molecule has 3 aromatic rings. The number of imidazole rings is 1. The third-order valence-electron chi connectivity index (χ3n) is 3.65. The summed E-state index contributed by atoms with van der Waals surface area (Å²) < 4.78 is 12.5. The number of nitrogens with zero attached hydrogens (tertiary/aromatic N) is 2. The molecule has 0 saturated carbocycles. The molecule has 0 saturated heterocycles. The smallest absolute Gasteiger partial charge is 0.328 e. The zero-order valence-electron chi connectivity index (χ0n) is 12.3. The molecular formula is C17H11ClN2O4. The molecule has 1 aromatic carbocycles. The monoisotopic (exact) mass is 342 g/mol. The third kappa shape index (κ3) is 2.47. The van der Waals surface area contributed by atoms with Gasteiger partial charge in [0.15, 0.2) is 11.5 Å². The summed E-state index contributed by atoms with van der Waals surface area (Å²) in [5.41, 5.74) is 2.71. The highest BCUT2D eigenvalue weighted by molar-refractivity contribution is 6.30. The normalized spacial score (nSPS) is 13.0. The lowest BCUT2D eigenvalue weighted by Gasteiger charge is -2.02. The maximum atomic E-state index is 10.9. The summed E-state index contributed by atoms with van der Waals surface area (Å²) in [6.07, 6.45) is 4.27. The van der Waals surface area contributed by atoms with E-state index in [0.29, 0.717) is 33.6 Å². The Hall–Kier alpha value is -2.99.